The first kappa shape index (κ1) is 48.9. The van der Waals surface area contributed by atoms with Crippen LogP contribution in [0.5, 0.6) is 11.8 Å². The Morgan fingerprint density at radius 1 is 0.955 bits per heavy atom. The molecule has 2 aromatic carbocycles. The molecule has 360 valence electrons. The highest BCUT2D eigenvalue weighted by Gasteiger charge is 2.48. The van der Waals surface area contributed by atoms with Gasteiger partial charge in [-0.1, -0.05) is 99.0 Å². The van der Waals surface area contributed by atoms with Crippen LogP contribution in [0.25, 0.3) is 32.9 Å². The molecule has 4 fully saturated rings. The van der Waals surface area contributed by atoms with Gasteiger partial charge in [-0.05, 0) is 85.3 Å². The molecule has 1 N–H and O–H groups in total. The van der Waals surface area contributed by atoms with Crippen LogP contribution >= 0.6 is 0 Å². The summed E-state index contributed by atoms with van der Waals surface area (Å²) in [6, 6.07) is 6.65. The van der Waals surface area contributed by atoms with E-state index >= 15 is 8.78 Å². The molecule has 2 bridgehead atoms. The van der Waals surface area contributed by atoms with Crippen molar-refractivity contribution in [1.29, 1.82) is 0 Å². The van der Waals surface area contributed by atoms with E-state index in [1.165, 1.54) is 25.3 Å². The predicted octanol–water partition coefficient (Wildman–Crippen LogP) is 12.4. The van der Waals surface area contributed by atoms with Gasteiger partial charge in [0.25, 0.3) is 6.08 Å². The van der Waals surface area contributed by atoms with Gasteiger partial charge in [-0.15, -0.1) is 5.54 Å². The fraction of sp³-hybridized carbons (Fsp3) is 0.585. The van der Waals surface area contributed by atoms with Crippen LogP contribution in [0.2, 0.25) is 16.6 Å². The van der Waals surface area contributed by atoms with Crippen molar-refractivity contribution in [3.05, 3.63) is 59.3 Å². The molecule has 4 aliphatic rings. The number of anilines is 1. The summed E-state index contributed by atoms with van der Waals surface area (Å²) in [5, 5.41) is 4.92. The quantitative estimate of drug-likeness (QED) is 0.0277. The van der Waals surface area contributed by atoms with Gasteiger partial charge < -0.3 is 19.7 Å². The highest BCUT2D eigenvalue weighted by molar-refractivity contribution is 6.90. The second kappa shape index (κ2) is 20.6. The maximum Gasteiger partial charge on any atom is 0.319 e. The molecule has 6 heterocycles. The summed E-state index contributed by atoms with van der Waals surface area (Å²) in [7, 11) is -2.36. The van der Waals surface area contributed by atoms with E-state index in [1.807, 2.05) is 0 Å². The number of carbonyl (C=O) groups is 1. The number of ether oxygens (including phenoxy) is 2. The number of piperazine rings is 1. The van der Waals surface area contributed by atoms with E-state index in [0.717, 1.165) is 38.5 Å². The number of esters is 1. The average Bonchev–Trinajstić information content (AvgIpc) is 3.97. The topological polar surface area (TPSA) is 92.7 Å². The minimum Gasteiger partial charge on any atom is -0.461 e. The Morgan fingerprint density at radius 3 is 2.34 bits per heavy atom. The summed E-state index contributed by atoms with van der Waals surface area (Å²) in [6.07, 6.45) is 11.2. The van der Waals surface area contributed by atoms with Gasteiger partial charge in [0.05, 0.1) is 16.5 Å². The number of rotatable bonds is 17. The lowest BCUT2D eigenvalue weighted by molar-refractivity contribution is -0.134. The molecule has 3 unspecified atom stereocenters. The molecule has 4 saturated heterocycles. The average molecular weight is 941 g/mol. The van der Waals surface area contributed by atoms with Gasteiger partial charge >= 0.3 is 12.0 Å². The van der Waals surface area contributed by atoms with Gasteiger partial charge in [0.1, 0.15) is 43.3 Å². The van der Waals surface area contributed by atoms with E-state index < -0.39 is 37.3 Å². The summed E-state index contributed by atoms with van der Waals surface area (Å²) >= 11 is 0. The van der Waals surface area contributed by atoms with Crippen LogP contribution in [-0.2, 0) is 4.79 Å². The number of unbranched alkanes of at least 4 members (excludes halogenated alkanes) is 6. The second-order valence-corrected chi connectivity index (χ2v) is 26.2. The smallest absolute Gasteiger partial charge is 0.319 e. The maximum absolute atomic E-state index is 17.9. The maximum atomic E-state index is 17.9. The molecule has 0 amide bonds. The summed E-state index contributed by atoms with van der Waals surface area (Å²) in [5.74, 6) is 2.28. The van der Waals surface area contributed by atoms with Gasteiger partial charge in [-0.25, -0.2) is 8.78 Å². The monoisotopic (exact) mass is 941 g/mol. The highest BCUT2D eigenvalue weighted by atomic mass is 28.3. The molecule has 14 heteroatoms. The summed E-state index contributed by atoms with van der Waals surface area (Å²) in [5.41, 5.74) is 4.19. The first-order chi connectivity index (χ1) is 32.1. The fourth-order valence-electron chi connectivity index (χ4n) is 11.9. The molecule has 4 aliphatic heterocycles. The van der Waals surface area contributed by atoms with Gasteiger partial charge in [-0.3, -0.25) is 14.7 Å². The number of nitrogens with one attached hydrogen (secondary N) is 1. The van der Waals surface area contributed by atoms with Crippen LogP contribution in [0.15, 0.2) is 42.1 Å². The van der Waals surface area contributed by atoms with Crippen molar-refractivity contribution in [3.8, 4) is 34.5 Å². The number of benzene rings is 2. The number of aromatic nitrogens is 3. The highest BCUT2D eigenvalue weighted by Crippen LogP contribution is 2.45. The van der Waals surface area contributed by atoms with E-state index in [2.05, 4.69) is 75.0 Å². The van der Waals surface area contributed by atoms with Gasteiger partial charge in [-0.2, -0.15) is 18.7 Å². The Bertz CT molecular complexity index is 2540. The number of nitrogens with zero attached hydrogens (tertiary/aromatic N) is 5. The van der Waals surface area contributed by atoms with Crippen molar-refractivity contribution in [2.75, 3.05) is 37.7 Å². The number of carbonyl (C=O) groups excluding carboxylic acids is 1. The van der Waals surface area contributed by atoms with E-state index in [0.29, 0.717) is 54.5 Å². The van der Waals surface area contributed by atoms with Crippen molar-refractivity contribution in [3.63, 3.8) is 0 Å². The lowest BCUT2D eigenvalue weighted by Gasteiger charge is -2.38. The summed E-state index contributed by atoms with van der Waals surface area (Å²) in [6.45, 7) is 17.6. The Balaban J connectivity index is 1.25. The molecule has 3 atom stereocenters. The zero-order valence-corrected chi connectivity index (χ0v) is 41.5. The molecule has 0 aliphatic carbocycles. The van der Waals surface area contributed by atoms with Gasteiger partial charge in [0, 0.05) is 60.9 Å². The van der Waals surface area contributed by atoms with E-state index in [-0.39, 0.29) is 94.4 Å². The summed E-state index contributed by atoms with van der Waals surface area (Å²) < 4.78 is 74.7. The molecule has 0 radical (unpaired) electrons. The molecule has 0 spiro atoms. The van der Waals surface area contributed by atoms with Crippen molar-refractivity contribution in [1.82, 2.24) is 25.2 Å². The number of hydrogen-bond acceptors (Lipinski definition) is 9. The van der Waals surface area contributed by atoms with E-state index in [1.54, 1.807) is 24.4 Å². The lowest BCUT2D eigenvalue weighted by atomic mass is 9.94. The largest absolute Gasteiger partial charge is 0.461 e. The molecule has 67 heavy (non-hydrogen) atoms. The number of fused-ring (bicyclic) bond motifs is 5. The van der Waals surface area contributed by atoms with Crippen molar-refractivity contribution < 1.29 is 31.8 Å². The standard InChI is InChI=1S/C53H68F4N6O3Si/c1-8-9-10-11-12-13-14-16-45(64)66-40-25-36-17-20-44(54)41(21-24-67(33(2)3,34(4)5)35(6)7)46(36)42(26-40)48-47(55)49-43(28-58-48)51(62-30-38-18-19-39(31-62)59-38)61-52(60-49)65-32-53-22-15-23-63(53)29-37(27-53)50(56)57/h17,20,25-26,28,33-35,38-39,59H,8-16,18-19,22-23,27,29-32H2,1-7H3. The third-order valence-corrected chi connectivity index (χ3v) is 21.6. The third kappa shape index (κ3) is 9.98. The van der Waals surface area contributed by atoms with Crippen LogP contribution in [0.1, 0.15) is 138 Å². The first-order valence-electron chi connectivity index (χ1n) is 24.9. The van der Waals surface area contributed by atoms with Crippen LogP contribution in [0.3, 0.4) is 0 Å². The minimum atomic E-state index is -2.36. The van der Waals surface area contributed by atoms with Crippen LogP contribution in [0.4, 0.5) is 23.4 Å². The molecule has 8 rings (SSSR count). The predicted molar refractivity (Wildman–Crippen MR) is 261 cm³/mol. The molecule has 2 aromatic heterocycles. The van der Waals surface area contributed by atoms with E-state index in [4.69, 9.17) is 24.4 Å². The molecule has 9 nitrogen and oxygen atoms in total. The van der Waals surface area contributed by atoms with Crippen molar-refractivity contribution in [2.24, 2.45) is 0 Å². The Labute approximate surface area is 394 Å². The molecular weight excluding hydrogens is 873 g/mol. The van der Waals surface area contributed by atoms with E-state index in [9.17, 15) is 13.6 Å². The van der Waals surface area contributed by atoms with Gasteiger partial charge in [0.2, 0.25) is 0 Å². The molecular formula is C53H68F4N6O3Si. The second-order valence-electron chi connectivity index (χ2n) is 20.6. The van der Waals surface area contributed by atoms with Crippen LogP contribution < -0.4 is 19.7 Å². The Morgan fingerprint density at radius 2 is 1.66 bits per heavy atom. The number of hydrogen-bond donors (Lipinski definition) is 1. The Kier molecular flexibility index (Phi) is 15.0. The normalized spacial score (nSPS) is 20.7. The van der Waals surface area contributed by atoms with Crippen LogP contribution in [0, 0.1) is 23.1 Å². The molecule has 4 aromatic rings. The SMILES string of the molecule is CCCCCCCCCC(=O)Oc1cc(-c2ncc3c(N4CC5CCC(C4)N5)nc(OCC45CCCN4CC(=C(F)F)C5)nc3c2F)c2c(C#C[Si](C(C)C)(C(C)C)C(C)C)c(F)ccc2c1. The lowest BCUT2D eigenvalue weighted by Crippen LogP contribution is -2.51. The van der Waals surface area contributed by atoms with Crippen molar-refractivity contribution in [2.45, 2.75) is 166 Å². The molecule has 0 saturated carbocycles. The Hall–Kier alpha value is -4.58. The van der Waals surface area contributed by atoms with Crippen molar-refractivity contribution >= 4 is 41.5 Å². The number of halogens is 4. The zero-order chi connectivity index (χ0) is 47.6. The first-order valence-corrected chi connectivity index (χ1v) is 27.2. The zero-order valence-electron chi connectivity index (χ0n) is 40.5. The van der Waals surface area contributed by atoms with Gasteiger partial charge in [0.15, 0.2) is 5.82 Å². The number of pyridine rings is 1. The third-order valence-electron chi connectivity index (χ3n) is 15.3. The fourth-order valence-corrected chi connectivity index (χ4v) is 17.2. The minimum absolute atomic E-state index is 0.0390. The summed E-state index contributed by atoms with van der Waals surface area (Å²) in [4.78, 5) is 32.0. The van der Waals surface area contributed by atoms with Crippen LogP contribution in [-0.4, -0.2) is 84.3 Å².